The summed E-state index contributed by atoms with van der Waals surface area (Å²) in [4.78, 5) is 11.7. The zero-order chi connectivity index (χ0) is 29.7. The molecule has 1 N–H and O–H groups in total. The molecule has 2 aromatic carbocycles. The predicted molar refractivity (Wildman–Crippen MR) is 166 cm³/mol. The second-order valence-corrected chi connectivity index (χ2v) is 18.6. The van der Waals surface area contributed by atoms with Gasteiger partial charge in [0.25, 0.3) is 0 Å². The fraction of sp³-hybridized carbons (Fsp3) is 0.571. The topological polar surface area (TPSA) is 46.5 Å². The van der Waals surface area contributed by atoms with E-state index in [0.717, 1.165) is 37.1 Å². The van der Waals surface area contributed by atoms with Gasteiger partial charge in [-0.3, -0.25) is 0 Å². The number of ether oxygens (including phenoxy) is 1. The molecule has 224 valence electrons. The second kappa shape index (κ2) is 13.7. The van der Waals surface area contributed by atoms with E-state index < -0.39 is 25.7 Å². The van der Waals surface area contributed by atoms with Gasteiger partial charge in [-0.15, -0.1) is 0 Å². The second-order valence-electron chi connectivity index (χ2n) is 13.3. The van der Waals surface area contributed by atoms with Crippen molar-refractivity contribution in [3.8, 4) is 16.9 Å². The molecule has 0 spiro atoms. The van der Waals surface area contributed by atoms with Gasteiger partial charge in [0.15, 0.2) is 11.6 Å². The Kier molecular flexibility index (Phi) is 10.5. The number of phenols is 1. The van der Waals surface area contributed by atoms with E-state index in [-0.39, 0.29) is 29.4 Å². The first-order chi connectivity index (χ1) is 19.5. The number of carbonyl (C=O) groups excluding carboxylic acids is 1. The fourth-order valence-electron chi connectivity index (χ4n) is 7.35. The molecule has 4 rings (SSSR count). The Balaban J connectivity index is 1.37. The fourth-order valence-corrected chi connectivity index (χ4v) is 10.9. The number of carbonyl (C=O) groups is 1. The van der Waals surface area contributed by atoms with Crippen LogP contribution in [0.3, 0.4) is 0 Å². The highest BCUT2D eigenvalue weighted by Crippen LogP contribution is 2.48. The molecule has 2 aliphatic carbocycles. The predicted octanol–water partition coefficient (Wildman–Crippen LogP) is 10.3. The smallest absolute Gasteiger partial charge is 0.333 e. The molecule has 3 nitrogen and oxygen atoms in total. The summed E-state index contributed by atoms with van der Waals surface area (Å²) in [6, 6.07) is 9.33. The van der Waals surface area contributed by atoms with Crippen molar-refractivity contribution in [3.05, 3.63) is 65.2 Å². The van der Waals surface area contributed by atoms with Gasteiger partial charge in [-0.1, -0.05) is 89.4 Å². The molecule has 0 atom stereocenters. The highest BCUT2D eigenvalue weighted by atomic mass is 28.3. The molecule has 0 aromatic heterocycles. The first-order valence-electron chi connectivity index (χ1n) is 15.6. The van der Waals surface area contributed by atoms with Crippen LogP contribution < -0.4 is 0 Å². The summed E-state index contributed by atoms with van der Waals surface area (Å²) in [6.45, 7) is 12.4. The number of phenolic OH excluding ortho intramolecular Hbond substituents is 1. The van der Waals surface area contributed by atoms with Crippen LogP contribution in [0.4, 0.5) is 8.78 Å². The van der Waals surface area contributed by atoms with Gasteiger partial charge in [0.05, 0.1) is 8.07 Å². The van der Waals surface area contributed by atoms with Gasteiger partial charge in [-0.05, 0) is 79.2 Å². The maximum atomic E-state index is 15.5. The third-order valence-electron chi connectivity index (χ3n) is 10.1. The lowest BCUT2D eigenvalue weighted by atomic mass is 9.69. The molecule has 0 saturated heterocycles. The van der Waals surface area contributed by atoms with Crippen molar-refractivity contribution in [1.29, 1.82) is 0 Å². The minimum atomic E-state index is -1.13. The molecule has 0 bridgehead atoms. The summed E-state index contributed by atoms with van der Waals surface area (Å²) < 4.78 is 36.0. The number of hydrogen-bond donors (Lipinski definition) is 1. The van der Waals surface area contributed by atoms with Crippen LogP contribution in [0.1, 0.15) is 95.1 Å². The third-order valence-corrected chi connectivity index (χ3v) is 14.6. The van der Waals surface area contributed by atoms with Gasteiger partial charge in [0.1, 0.15) is 12.4 Å². The van der Waals surface area contributed by atoms with Gasteiger partial charge in [0.2, 0.25) is 0 Å². The molecule has 0 heterocycles. The van der Waals surface area contributed by atoms with Gasteiger partial charge in [-0.25, -0.2) is 13.6 Å². The molecule has 0 aliphatic heterocycles. The van der Waals surface area contributed by atoms with E-state index in [1.54, 1.807) is 18.2 Å². The molecule has 2 aromatic rings. The van der Waals surface area contributed by atoms with Crippen LogP contribution in [0, 0.1) is 23.5 Å². The zero-order valence-corrected chi connectivity index (χ0v) is 26.4. The largest absolute Gasteiger partial charge is 0.508 e. The van der Waals surface area contributed by atoms with Crippen LogP contribution in [0.2, 0.25) is 24.7 Å². The highest BCUT2D eigenvalue weighted by molar-refractivity contribution is 6.78. The first-order valence-corrected chi connectivity index (χ1v) is 18.9. The summed E-state index contributed by atoms with van der Waals surface area (Å²) >= 11 is 0. The number of aromatic hydroxyl groups is 1. The Morgan fingerprint density at radius 1 is 0.976 bits per heavy atom. The van der Waals surface area contributed by atoms with Gasteiger partial charge in [-0.2, -0.15) is 0 Å². The van der Waals surface area contributed by atoms with Gasteiger partial charge in [0, 0.05) is 16.7 Å². The Morgan fingerprint density at radius 3 is 2.22 bits per heavy atom. The first kappa shape index (κ1) is 31.5. The van der Waals surface area contributed by atoms with Crippen molar-refractivity contribution in [3.63, 3.8) is 0 Å². The standard InChI is InChI=1S/C35H48F2O3Si/c1-6-7-20-41(4,5)29-15-12-25(13-16-29)24-8-10-26(11-9-24)30-17-18-31(34(37)33(30)36)27-14-19-32(38)28(21-27)22-40-35(39)23(2)3/h14,17-19,21,24-26,29,38H,2,6-13,15-16,20,22H2,1,3-5H3. The van der Waals surface area contributed by atoms with E-state index in [1.165, 1.54) is 63.6 Å². The number of unbranched alkanes of at least 4 members (excludes halogenated alkanes) is 1. The molecule has 6 heteroatoms. The summed E-state index contributed by atoms with van der Waals surface area (Å²) in [5.74, 6) is -0.731. The quantitative estimate of drug-likeness (QED) is 0.172. The molecule has 2 fully saturated rings. The maximum absolute atomic E-state index is 15.5. The average Bonchev–Trinajstić information content (AvgIpc) is 2.97. The minimum absolute atomic E-state index is 0.0449. The van der Waals surface area contributed by atoms with Crippen molar-refractivity contribution in [1.82, 2.24) is 0 Å². The number of benzene rings is 2. The highest BCUT2D eigenvalue weighted by Gasteiger charge is 2.37. The molecule has 2 aliphatic rings. The summed E-state index contributed by atoms with van der Waals surface area (Å²) in [6.07, 6.45) is 12.2. The van der Waals surface area contributed by atoms with E-state index in [2.05, 4.69) is 26.6 Å². The SMILES string of the molecule is C=C(C)C(=O)OCc1cc(-c2ccc(C3CCC(C4CCC([Si](C)(C)CCCC)CC4)CC3)c(F)c2F)ccc1O. The molecule has 0 radical (unpaired) electrons. The van der Waals surface area contributed by atoms with E-state index in [9.17, 15) is 9.90 Å². The van der Waals surface area contributed by atoms with Crippen LogP contribution in [-0.2, 0) is 16.1 Å². The van der Waals surface area contributed by atoms with Crippen LogP contribution in [0.15, 0.2) is 42.5 Å². The molecule has 0 unspecified atom stereocenters. The lowest BCUT2D eigenvalue weighted by Gasteiger charge is -2.42. The van der Waals surface area contributed by atoms with Crippen molar-refractivity contribution < 1.29 is 23.4 Å². The third kappa shape index (κ3) is 7.49. The monoisotopic (exact) mass is 582 g/mol. The lowest BCUT2D eigenvalue weighted by Crippen LogP contribution is -2.36. The molecular weight excluding hydrogens is 534 g/mol. The van der Waals surface area contributed by atoms with Gasteiger partial charge < -0.3 is 9.84 Å². The summed E-state index contributed by atoms with van der Waals surface area (Å²) in [5, 5.41) is 10.2. The van der Waals surface area contributed by atoms with E-state index >= 15 is 8.78 Å². The van der Waals surface area contributed by atoms with Crippen molar-refractivity contribution >= 4 is 14.0 Å². The van der Waals surface area contributed by atoms with E-state index in [0.29, 0.717) is 22.6 Å². The van der Waals surface area contributed by atoms with Crippen LogP contribution in [0.25, 0.3) is 11.1 Å². The number of hydrogen-bond acceptors (Lipinski definition) is 3. The number of esters is 1. The van der Waals surface area contributed by atoms with Crippen molar-refractivity contribution in [2.75, 3.05) is 0 Å². The Labute approximate surface area is 246 Å². The molecular formula is C35H48F2O3Si. The summed E-state index contributed by atoms with van der Waals surface area (Å²) in [7, 11) is -1.13. The average molecular weight is 583 g/mol. The van der Waals surface area contributed by atoms with Crippen LogP contribution >= 0.6 is 0 Å². The lowest BCUT2D eigenvalue weighted by molar-refractivity contribution is -0.140. The normalized spacial score (nSPS) is 23.3. The molecule has 41 heavy (non-hydrogen) atoms. The Morgan fingerprint density at radius 2 is 1.61 bits per heavy atom. The summed E-state index contributed by atoms with van der Waals surface area (Å²) in [5.41, 5.74) is 2.57. The van der Waals surface area contributed by atoms with E-state index in [4.69, 9.17) is 4.74 Å². The van der Waals surface area contributed by atoms with Crippen molar-refractivity contribution in [2.24, 2.45) is 11.8 Å². The Bertz CT molecular complexity index is 1220. The molecule has 2 saturated carbocycles. The number of halogens is 2. The van der Waals surface area contributed by atoms with Gasteiger partial charge >= 0.3 is 5.97 Å². The molecule has 0 amide bonds. The Hall–Kier alpha value is -2.47. The maximum Gasteiger partial charge on any atom is 0.333 e. The van der Waals surface area contributed by atoms with Crippen LogP contribution in [-0.4, -0.2) is 19.1 Å². The van der Waals surface area contributed by atoms with E-state index in [1.807, 2.05) is 0 Å². The minimum Gasteiger partial charge on any atom is -0.508 e. The van der Waals surface area contributed by atoms with Crippen LogP contribution in [0.5, 0.6) is 5.75 Å². The van der Waals surface area contributed by atoms with Crippen molar-refractivity contribution in [2.45, 2.75) is 115 Å². The zero-order valence-electron chi connectivity index (χ0n) is 25.4. The number of rotatable bonds is 10.